The molecule has 2 aliphatic rings. The third kappa shape index (κ3) is 9.29. The van der Waals surface area contributed by atoms with Crippen LogP contribution in [-0.4, -0.2) is 31.2 Å². The van der Waals surface area contributed by atoms with Gasteiger partial charge in [0.2, 0.25) is 0 Å². The highest BCUT2D eigenvalue weighted by Gasteiger charge is 2.31. The van der Waals surface area contributed by atoms with Gasteiger partial charge in [-0.05, 0) is 110 Å². The number of halogens is 3. The smallest absolute Gasteiger partial charge is 0.416 e. The van der Waals surface area contributed by atoms with Crippen molar-refractivity contribution in [3.8, 4) is 5.75 Å². The molecule has 11 heteroatoms. The van der Waals surface area contributed by atoms with Crippen molar-refractivity contribution in [3.63, 3.8) is 0 Å². The first kappa shape index (κ1) is 36.0. The quantitative estimate of drug-likeness (QED) is 0.126. The van der Waals surface area contributed by atoms with Gasteiger partial charge in [0, 0.05) is 6.54 Å². The molecule has 50 heavy (non-hydrogen) atoms. The standard InChI is InChI=1S/C39H45F3N3O4P/c1-3-48-50(46,49-4-2)27-30-11-9-29(10-12-30)26-47-37-8-6-5-7-33(37)23-28-19-21-45(22-20-28)25-31-13-18-35-36(24-31)44-38(43-35)32-14-16-34(17-15-32)39(40,41)42/h5-18,24,28,38,43-44H,3-4,19-23,25-27H2,1-2H3. The predicted molar refractivity (Wildman–Crippen MR) is 191 cm³/mol. The molecule has 1 fully saturated rings. The van der Waals surface area contributed by atoms with Gasteiger partial charge in [0.05, 0.1) is 36.3 Å². The van der Waals surface area contributed by atoms with Gasteiger partial charge in [-0.15, -0.1) is 0 Å². The summed E-state index contributed by atoms with van der Waals surface area (Å²) in [4.78, 5) is 2.49. The van der Waals surface area contributed by atoms with E-state index in [-0.39, 0.29) is 12.3 Å². The van der Waals surface area contributed by atoms with Crippen LogP contribution in [0.1, 0.15) is 66.2 Å². The van der Waals surface area contributed by atoms with Crippen LogP contribution in [0.15, 0.2) is 91.0 Å². The summed E-state index contributed by atoms with van der Waals surface area (Å²) in [6.07, 6.45) is -1.21. The van der Waals surface area contributed by atoms with Gasteiger partial charge in [-0.1, -0.05) is 60.7 Å². The molecular formula is C39H45F3N3O4P. The molecule has 0 amide bonds. The number of benzene rings is 4. The number of para-hydroxylation sites is 1. The van der Waals surface area contributed by atoms with Crippen molar-refractivity contribution < 1.29 is 31.5 Å². The van der Waals surface area contributed by atoms with Crippen LogP contribution >= 0.6 is 7.60 Å². The summed E-state index contributed by atoms with van der Waals surface area (Å²) in [5.74, 6) is 1.47. The Bertz CT molecular complexity index is 1750. The van der Waals surface area contributed by atoms with Gasteiger partial charge in [0.15, 0.2) is 0 Å². The topological polar surface area (TPSA) is 72.1 Å². The fourth-order valence-corrected chi connectivity index (χ4v) is 8.39. The number of nitrogens with zero attached hydrogens (tertiary/aromatic N) is 1. The Kier molecular flexibility index (Phi) is 11.5. The van der Waals surface area contributed by atoms with Gasteiger partial charge in [-0.2, -0.15) is 13.2 Å². The number of fused-ring (bicyclic) bond motifs is 1. The largest absolute Gasteiger partial charge is 0.489 e. The molecule has 2 N–H and O–H groups in total. The number of hydrogen-bond acceptors (Lipinski definition) is 7. The summed E-state index contributed by atoms with van der Waals surface area (Å²) >= 11 is 0. The van der Waals surface area contributed by atoms with Crippen LogP contribution in [0, 0.1) is 5.92 Å². The van der Waals surface area contributed by atoms with Crippen molar-refractivity contribution in [2.75, 3.05) is 36.9 Å². The van der Waals surface area contributed by atoms with E-state index in [0.29, 0.717) is 25.7 Å². The van der Waals surface area contributed by atoms with E-state index in [9.17, 15) is 17.7 Å². The van der Waals surface area contributed by atoms with E-state index in [1.807, 2.05) is 56.3 Å². The molecule has 0 radical (unpaired) electrons. The van der Waals surface area contributed by atoms with Crippen LogP contribution in [0.2, 0.25) is 0 Å². The van der Waals surface area contributed by atoms with Crippen LogP contribution in [0.4, 0.5) is 24.5 Å². The molecule has 4 aromatic rings. The van der Waals surface area contributed by atoms with E-state index < -0.39 is 19.3 Å². The molecular weight excluding hydrogens is 662 g/mol. The van der Waals surface area contributed by atoms with E-state index in [1.54, 1.807) is 0 Å². The summed E-state index contributed by atoms with van der Waals surface area (Å²) in [7, 11) is -3.15. The molecule has 0 saturated carbocycles. The molecule has 6 rings (SSSR count). The van der Waals surface area contributed by atoms with Gasteiger partial charge in [-0.3, -0.25) is 9.46 Å². The molecule has 0 aliphatic carbocycles. The molecule has 1 saturated heterocycles. The Balaban J connectivity index is 0.972. The minimum atomic E-state index is -4.35. The Hall–Kier alpha value is -3.82. The fourth-order valence-electron chi connectivity index (χ4n) is 6.69. The zero-order valence-electron chi connectivity index (χ0n) is 28.5. The molecule has 2 aliphatic heterocycles. The van der Waals surface area contributed by atoms with Gasteiger partial charge < -0.3 is 24.4 Å². The molecule has 0 spiro atoms. The summed E-state index contributed by atoms with van der Waals surface area (Å²) < 4.78 is 69.0. The highest BCUT2D eigenvalue weighted by Crippen LogP contribution is 2.51. The van der Waals surface area contributed by atoms with Gasteiger partial charge in [0.25, 0.3) is 0 Å². The van der Waals surface area contributed by atoms with Crippen LogP contribution in [0.25, 0.3) is 0 Å². The molecule has 1 atom stereocenters. The highest BCUT2D eigenvalue weighted by molar-refractivity contribution is 7.53. The zero-order chi connectivity index (χ0) is 35.1. The monoisotopic (exact) mass is 707 g/mol. The third-order valence-electron chi connectivity index (χ3n) is 9.29. The Morgan fingerprint density at radius 3 is 2.12 bits per heavy atom. The van der Waals surface area contributed by atoms with Gasteiger partial charge >= 0.3 is 13.8 Å². The number of nitrogens with one attached hydrogen (secondary N) is 2. The molecule has 0 bridgehead atoms. The molecule has 4 aromatic carbocycles. The first-order chi connectivity index (χ1) is 24.1. The molecule has 2 heterocycles. The number of hydrogen-bond donors (Lipinski definition) is 2. The summed E-state index contributed by atoms with van der Waals surface area (Å²) in [6.45, 7) is 7.63. The number of likely N-dealkylation sites (tertiary alicyclic amines) is 1. The van der Waals surface area contributed by atoms with E-state index in [2.05, 4.69) is 39.8 Å². The van der Waals surface area contributed by atoms with Crippen LogP contribution < -0.4 is 15.4 Å². The molecule has 0 aromatic heterocycles. The first-order valence-electron chi connectivity index (χ1n) is 17.3. The lowest BCUT2D eigenvalue weighted by Crippen LogP contribution is -2.33. The van der Waals surface area contributed by atoms with Crippen LogP contribution in [0.3, 0.4) is 0 Å². The maximum absolute atomic E-state index is 13.0. The van der Waals surface area contributed by atoms with E-state index in [1.165, 1.54) is 23.3 Å². The lowest BCUT2D eigenvalue weighted by Gasteiger charge is -2.32. The molecule has 1 unspecified atom stereocenters. The summed E-state index contributed by atoms with van der Waals surface area (Å²) in [5.41, 5.74) is 6.37. The van der Waals surface area contributed by atoms with Crippen LogP contribution in [-0.2, 0) is 45.5 Å². The fraction of sp³-hybridized carbons (Fsp3) is 0.385. The second-order valence-corrected chi connectivity index (χ2v) is 15.0. The number of alkyl halides is 3. The van der Waals surface area contributed by atoms with Crippen molar-refractivity contribution in [1.82, 2.24) is 4.90 Å². The average Bonchev–Trinajstić information content (AvgIpc) is 3.53. The van der Waals surface area contributed by atoms with Gasteiger partial charge in [0.1, 0.15) is 18.5 Å². The highest BCUT2D eigenvalue weighted by atomic mass is 31.2. The maximum Gasteiger partial charge on any atom is 0.416 e. The van der Waals surface area contributed by atoms with Crippen molar-refractivity contribution >= 4 is 19.0 Å². The van der Waals surface area contributed by atoms with E-state index in [0.717, 1.165) is 84.8 Å². The number of rotatable bonds is 14. The summed E-state index contributed by atoms with van der Waals surface area (Å²) in [5, 5.41) is 6.80. The lowest BCUT2D eigenvalue weighted by atomic mass is 9.89. The Morgan fingerprint density at radius 2 is 1.44 bits per heavy atom. The van der Waals surface area contributed by atoms with Crippen molar-refractivity contribution in [2.45, 2.75) is 64.8 Å². The number of ether oxygens (including phenoxy) is 1. The third-order valence-corrected chi connectivity index (χ3v) is 11.4. The first-order valence-corrected chi connectivity index (χ1v) is 19.1. The van der Waals surface area contributed by atoms with Crippen molar-refractivity contribution in [2.24, 2.45) is 5.92 Å². The Morgan fingerprint density at radius 1 is 0.800 bits per heavy atom. The number of piperidine rings is 1. The second kappa shape index (κ2) is 16.0. The lowest BCUT2D eigenvalue weighted by molar-refractivity contribution is -0.137. The zero-order valence-corrected chi connectivity index (χ0v) is 29.4. The molecule has 7 nitrogen and oxygen atoms in total. The maximum atomic E-state index is 13.0. The minimum absolute atomic E-state index is 0.245. The van der Waals surface area contributed by atoms with Crippen molar-refractivity contribution in [1.29, 1.82) is 0 Å². The number of anilines is 2. The average molecular weight is 708 g/mol. The summed E-state index contributed by atoms with van der Waals surface area (Å²) in [6, 6.07) is 27.8. The SMILES string of the molecule is CCOP(=O)(Cc1ccc(COc2ccccc2CC2CCN(Cc3ccc4c(c3)NC(c3ccc(C(F)(F)F)cc3)N4)CC2)cc1)OCC. The predicted octanol–water partition coefficient (Wildman–Crippen LogP) is 10.0. The minimum Gasteiger partial charge on any atom is -0.489 e. The second-order valence-electron chi connectivity index (χ2n) is 13.0. The molecule has 266 valence electrons. The normalized spacial score (nSPS) is 16.9. The van der Waals surface area contributed by atoms with Crippen LogP contribution in [0.5, 0.6) is 5.75 Å². The van der Waals surface area contributed by atoms with E-state index >= 15 is 0 Å². The van der Waals surface area contributed by atoms with E-state index in [4.69, 9.17) is 13.8 Å². The van der Waals surface area contributed by atoms with Gasteiger partial charge in [-0.25, -0.2) is 0 Å². The Labute approximate surface area is 292 Å². The van der Waals surface area contributed by atoms with Crippen molar-refractivity contribution in [3.05, 3.63) is 124 Å².